The Morgan fingerprint density at radius 2 is 1.45 bits per heavy atom. The Morgan fingerprint density at radius 1 is 0.849 bits per heavy atom. The van der Waals surface area contributed by atoms with E-state index >= 15 is 0 Å². The van der Waals surface area contributed by atoms with E-state index in [0.717, 1.165) is 27.9 Å². The molecule has 0 bridgehead atoms. The average molecular weight is 928 g/mol. The van der Waals surface area contributed by atoms with E-state index in [1.54, 1.807) is 6.33 Å². The van der Waals surface area contributed by atoms with E-state index in [2.05, 4.69) is 151 Å². The number of ketones is 1. The van der Waals surface area contributed by atoms with E-state index in [0.29, 0.717) is 23.7 Å². The molecule has 0 amide bonds. The van der Waals surface area contributed by atoms with Crippen molar-refractivity contribution in [3.05, 3.63) is 77.8 Å². The fourth-order valence-corrected chi connectivity index (χ4v) is 10.7. The summed E-state index contributed by atoms with van der Waals surface area (Å²) in [5.74, 6) is 1.63. The Morgan fingerprint density at radius 3 is 2.00 bits per heavy atom. The number of benzene rings is 3. The third kappa shape index (κ3) is 11.0. The van der Waals surface area contributed by atoms with Crippen LogP contribution in [0.5, 0.6) is 0 Å². The maximum atomic E-state index is 12.3. The molecule has 0 aliphatic heterocycles. The molecule has 0 aliphatic rings. The number of nitrogens with zero attached hydrogens (tertiary/aromatic N) is 2. The van der Waals surface area contributed by atoms with Crippen molar-refractivity contribution in [3.8, 4) is 11.3 Å². The van der Waals surface area contributed by atoms with Crippen molar-refractivity contribution in [1.29, 1.82) is 0 Å². The van der Waals surface area contributed by atoms with Crippen LogP contribution in [0.1, 0.15) is 87.3 Å². The van der Waals surface area contributed by atoms with Gasteiger partial charge >= 0.3 is 0 Å². The fraction of sp³-hybridized carbons (Fsp3) is 0.500. The molecule has 0 unspecified atom stereocenters. The second kappa shape index (κ2) is 17.8. The molecule has 0 saturated heterocycles. The number of aliphatic hydroxyl groups excluding tert-OH is 1. The number of aryl methyl sites for hydroxylation is 1. The zero-order valence-corrected chi connectivity index (χ0v) is 39.1. The number of carbonyl (C=O) groups is 1. The summed E-state index contributed by atoms with van der Waals surface area (Å²) in [5, 5.41) is 15.5. The molecule has 1 radical (unpaired) electrons. The Labute approximate surface area is 338 Å². The predicted molar refractivity (Wildman–Crippen MR) is 230 cm³/mol. The normalized spacial score (nSPS) is 12.9. The number of fused-ring (bicyclic) bond motifs is 4. The molecule has 5 rings (SSSR count). The van der Waals surface area contributed by atoms with Crippen LogP contribution < -0.4 is 5.19 Å². The molecule has 2 aromatic heterocycles. The Kier molecular flexibility index (Phi) is 15.0. The first-order valence-electron chi connectivity index (χ1n) is 19.2. The Bertz CT molecular complexity index is 2050. The van der Waals surface area contributed by atoms with Crippen LogP contribution in [0, 0.1) is 53.9 Å². The van der Waals surface area contributed by atoms with Gasteiger partial charge in [-0.1, -0.05) is 137 Å². The third-order valence-corrected chi connectivity index (χ3v) is 13.1. The summed E-state index contributed by atoms with van der Waals surface area (Å²) >= 11 is 1.81. The van der Waals surface area contributed by atoms with E-state index in [1.807, 2.05) is 11.3 Å². The number of rotatable bonds is 10. The second-order valence-electron chi connectivity index (χ2n) is 18.5. The van der Waals surface area contributed by atoms with Crippen molar-refractivity contribution in [2.24, 2.45) is 40.9 Å². The molecule has 7 heteroatoms. The van der Waals surface area contributed by atoms with Crippen molar-refractivity contribution in [3.63, 3.8) is 0 Å². The van der Waals surface area contributed by atoms with Gasteiger partial charge in [-0.15, -0.1) is 40.1 Å². The van der Waals surface area contributed by atoms with Gasteiger partial charge in [-0.25, -0.2) is 4.98 Å². The van der Waals surface area contributed by atoms with Crippen molar-refractivity contribution in [2.45, 2.75) is 109 Å². The molecule has 5 aromatic rings. The van der Waals surface area contributed by atoms with Gasteiger partial charge < -0.3 is 5.11 Å². The zero-order valence-electron chi connectivity index (χ0n) is 34.9. The number of carbonyl (C=O) groups excluding carboxylic acids is 1. The average Bonchev–Trinajstić information content (AvgIpc) is 3.36. The van der Waals surface area contributed by atoms with Gasteiger partial charge in [-0.3, -0.25) is 9.78 Å². The quantitative estimate of drug-likeness (QED) is 0.0656. The first-order chi connectivity index (χ1) is 24.1. The van der Waals surface area contributed by atoms with Gasteiger partial charge in [-0.05, 0) is 54.1 Å². The smallest absolute Gasteiger partial charge is 0.162 e. The largest absolute Gasteiger partial charge is 0.512 e. The minimum atomic E-state index is -1.57. The standard InChI is InChI=1S/C29H31N2SSi.C17H32O2.Ir/c1-18-8-10-20-14-21(15-25(23(20)12-18)33(5,6)7)26-28-27(31-17-30-26)22-11-9-19(13-24(22)32-28)16-29(2,3)4;1-10(2)16(11(3)4)14(18)9-15(19)17(12(5)6)13(7)8;/h8-13,15,17H,16H2,1-7H3;9-13,16-18H,1-8H3;/q-1;;/b;14-9-;. The predicted octanol–water partition coefficient (Wildman–Crippen LogP) is 12.8. The number of hydrogen-bond acceptors (Lipinski definition) is 5. The van der Waals surface area contributed by atoms with E-state index < -0.39 is 8.07 Å². The summed E-state index contributed by atoms with van der Waals surface area (Å²) in [6.45, 7) is 32.9. The third-order valence-electron chi connectivity index (χ3n) is 9.97. The molecular formula is C46H63IrN2O2SSi-. The number of aliphatic hydroxyl groups is 1. The molecule has 53 heavy (non-hydrogen) atoms. The zero-order chi connectivity index (χ0) is 38.9. The molecular weight excluding hydrogens is 865 g/mol. The molecule has 0 aliphatic carbocycles. The topological polar surface area (TPSA) is 63.1 Å². The number of thiophene rings is 1. The molecule has 0 atom stereocenters. The van der Waals surface area contributed by atoms with Gasteiger partial charge in [0.1, 0.15) is 6.33 Å². The maximum absolute atomic E-state index is 12.3. The van der Waals surface area contributed by atoms with Crippen LogP contribution in [0.25, 0.3) is 42.3 Å². The summed E-state index contributed by atoms with van der Waals surface area (Å²) in [6.07, 6.45) is 4.26. The Balaban J connectivity index is 0.000000327. The molecule has 4 nitrogen and oxygen atoms in total. The first-order valence-corrected chi connectivity index (χ1v) is 23.5. The minimum absolute atomic E-state index is 0. The van der Waals surface area contributed by atoms with E-state index in [-0.39, 0.29) is 48.9 Å². The summed E-state index contributed by atoms with van der Waals surface area (Å²) in [7, 11) is -1.57. The number of aromatic nitrogens is 2. The number of hydrogen-bond donors (Lipinski definition) is 1. The minimum Gasteiger partial charge on any atom is -0.512 e. The van der Waals surface area contributed by atoms with Gasteiger partial charge in [0.05, 0.1) is 19.3 Å². The molecule has 0 spiro atoms. The first kappa shape index (κ1) is 44.7. The maximum Gasteiger partial charge on any atom is 0.162 e. The van der Waals surface area contributed by atoms with Crippen molar-refractivity contribution < 1.29 is 30.0 Å². The van der Waals surface area contributed by atoms with Gasteiger partial charge in [0, 0.05) is 58.5 Å². The van der Waals surface area contributed by atoms with Crippen LogP contribution in [0.4, 0.5) is 0 Å². The van der Waals surface area contributed by atoms with Crippen molar-refractivity contribution >= 4 is 61.5 Å². The van der Waals surface area contributed by atoms with Gasteiger partial charge in [-0.2, -0.15) is 0 Å². The van der Waals surface area contributed by atoms with Crippen LogP contribution >= 0.6 is 11.3 Å². The van der Waals surface area contributed by atoms with E-state index in [1.165, 1.54) is 43.2 Å². The van der Waals surface area contributed by atoms with Crippen LogP contribution in [0.3, 0.4) is 0 Å². The van der Waals surface area contributed by atoms with E-state index in [4.69, 9.17) is 9.97 Å². The number of allylic oxidation sites excluding steroid dienone is 2. The van der Waals surface area contributed by atoms with Crippen LogP contribution in [-0.4, -0.2) is 28.9 Å². The van der Waals surface area contributed by atoms with Crippen molar-refractivity contribution in [1.82, 2.24) is 9.97 Å². The summed E-state index contributed by atoms with van der Waals surface area (Å²) in [5.41, 5.74) is 6.07. The van der Waals surface area contributed by atoms with Crippen molar-refractivity contribution in [2.75, 3.05) is 0 Å². The van der Waals surface area contributed by atoms with Gasteiger partial charge in [0.25, 0.3) is 0 Å². The van der Waals surface area contributed by atoms with Crippen LogP contribution in [0.2, 0.25) is 19.6 Å². The summed E-state index contributed by atoms with van der Waals surface area (Å²) in [6, 6.07) is 19.6. The Hall–Kier alpha value is -2.70. The fourth-order valence-electron chi connectivity index (χ4n) is 7.89. The van der Waals surface area contributed by atoms with E-state index in [9.17, 15) is 9.90 Å². The van der Waals surface area contributed by atoms with Crippen LogP contribution in [0.15, 0.2) is 60.6 Å². The molecule has 0 fully saturated rings. The summed E-state index contributed by atoms with van der Waals surface area (Å²) < 4.78 is 2.44. The second-order valence-corrected chi connectivity index (χ2v) is 24.6. The van der Waals surface area contributed by atoms with Gasteiger partial charge in [0.2, 0.25) is 0 Å². The molecule has 289 valence electrons. The monoisotopic (exact) mass is 928 g/mol. The molecule has 1 N–H and O–H groups in total. The molecule has 2 heterocycles. The van der Waals surface area contributed by atoms with Gasteiger partial charge in [0.15, 0.2) is 5.78 Å². The molecule has 3 aromatic carbocycles. The summed E-state index contributed by atoms with van der Waals surface area (Å²) in [4.78, 5) is 21.8. The van der Waals surface area contributed by atoms with Crippen LogP contribution in [-0.2, 0) is 31.3 Å². The SMILES string of the molecule is CC(C)C(C(=O)/C=C(\O)C(C(C)C)C(C)C)C(C)C.Cc1ccc2[c-]c(-c3ncnc4c3sc3cc(CC(C)(C)C)ccc34)cc([Si](C)(C)C)c2c1.[Ir]. The molecule has 0 saturated carbocycles.